The molecular weight excluding hydrogens is 370 g/mol. The van der Waals surface area contributed by atoms with Crippen LogP contribution in [-0.2, 0) is 4.79 Å². The molecule has 1 saturated carbocycles. The highest BCUT2D eigenvalue weighted by Gasteiger charge is 2.38. The number of hydrogen-bond donors (Lipinski definition) is 1. The van der Waals surface area contributed by atoms with E-state index >= 15 is 0 Å². The molecule has 3 unspecified atom stereocenters. The molecule has 2 aromatic carbocycles. The van der Waals surface area contributed by atoms with E-state index < -0.39 is 11.6 Å². The Balaban J connectivity index is 1.55. The maximum atomic E-state index is 13.5. The number of likely N-dealkylation sites (tertiary alicyclic amines) is 1. The minimum Gasteiger partial charge on any atom is -0.325 e. The van der Waals surface area contributed by atoms with Gasteiger partial charge in [-0.15, -0.1) is 0 Å². The summed E-state index contributed by atoms with van der Waals surface area (Å²) in [6.45, 7) is 0.837. The molecule has 1 N–H and O–H groups in total. The van der Waals surface area contributed by atoms with Gasteiger partial charge in [0.1, 0.15) is 11.6 Å². The predicted molar refractivity (Wildman–Crippen MR) is 110 cm³/mol. The fourth-order valence-electron chi connectivity index (χ4n) is 4.91. The topological polar surface area (TPSA) is 32.3 Å². The van der Waals surface area contributed by atoms with E-state index in [1.54, 1.807) is 0 Å². The van der Waals surface area contributed by atoms with Crippen molar-refractivity contribution in [2.75, 3.05) is 11.9 Å². The average Bonchev–Trinajstić information content (AvgIpc) is 2.73. The fourth-order valence-corrected chi connectivity index (χ4v) is 4.91. The minimum atomic E-state index is -0.691. The first kappa shape index (κ1) is 20.0. The van der Waals surface area contributed by atoms with E-state index in [2.05, 4.69) is 40.9 Å². The Hall–Kier alpha value is -2.27. The Morgan fingerprint density at radius 3 is 2.48 bits per heavy atom. The van der Waals surface area contributed by atoms with Gasteiger partial charge in [0.05, 0.1) is 6.04 Å². The van der Waals surface area contributed by atoms with Gasteiger partial charge in [-0.3, -0.25) is 9.69 Å². The molecule has 3 nitrogen and oxygen atoms in total. The van der Waals surface area contributed by atoms with Crippen molar-refractivity contribution >= 4 is 11.6 Å². The monoisotopic (exact) mass is 397 g/mol. The Labute approximate surface area is 171 Å². The van der Waals surface area contributed by atoms with Crippen LogP contribution < -0.4 is 5.32 Å². The molecule has 1 radical (unpaired) electrons. The number of anilines is 1. The summed E-state index contributed by atoms with van der Waals surface area (Å²) in [5.74, 6) is -1.17. The van der Waals surface area contributed by atoms with Crippen molar-refractivity contribution in [3.63, 3.8) is 0 Å². The van der Waals surface area contributed by atoms with Crippen molar-refractivity contribution < 1.29 is 13.6 Å². The summed E-state index contributed by atoms with van der Waals surface area (Å²) in [4.78, 5) is 15.4. The van der Waals surface area contributed by atoms with E-state index in [0.717, 1.165) is 50.4 Å². The van der Waals surface area contributed by atoms with Crippen LogP contribution in [0.15, 0.2) is 48.5 Å². The molecule has 3 atom stereocenters. The molecule has 153 valence electrons. The molecule has 4 rings (SSSR count). The molecule has 0 aromatic heterocycles. The fraction of sp³-hybridized carbons (Fsp3) is 0.417. The van der Waals surface area contributed by atoms with Crippen molar-refractivity contribution in [3.8, 4) is 0 Å². The van der Waals surface area contributed by atoms with Crippen LogP contribution in [0, 0.1) is 18.1 Å². The van der Waals surface area contributed by atoms with Crippen LogP contribution in [-0.4, -0.2) is 29.4 Å². The zero-order valence-electron chi connectivity index (χ0n) is 16.5. The summed E-state index contributed by atoms with van der Waals surface area (Å²) < 4.78 is 27.0. The lowest BCUT2D eigenvalue weighted by Crippen LogP contribution is -2.54. The van der Waals surface area contributed by atoms with E-state index in [-0.39, 0.29) is 17.6 Å². The molecule has 0 bridgehead atoms. The zero-order valence-corrected chi connectivity index (χ0v) is 16.5. The number of carbonyl (C=O) groups is 1. The summed E-state index contributed by atoms with van der Waals surface area (Å²) in [6, 6.07) is 13.7. The highest BCUT2D eigenvalue weighted by atomic mass is 19.1. The third-order valence-electron chi connectivity index (χ3n) is 6.20. The Morgan fingerprint density at radius 1 is 1.00 bits per heavy atom. The third-order valence-corrected chi connectivity index (χ3v) is 6.20. The van der Waals surface area contributed by atoms with Gasteiger partial charge in [-0.05, 0) is 62.3 Å². The van der Waals surface area contributed by atoms with Crippen molar-refractivity contribution in [1.82, 2.24) is 4.90 Å². The molecule has 29 heavy (non-hydrogen) atoms. The SMILES string of the molecule is O=C(Nc1cc(F)cc(F)c1)C1C[CH]CCN1C1CCCCC1c1ccccc1. The van der Waals surface area contributed by atoms with Crippen molar-refractivity contribution in [1.29, 1.82) is 0 Å². The van der Waals surface area contributed by atoms with E-state index in [9.17, 15) is 13.6 Å². The zero-order chi connectivity index (χ0) is 20.2. The normalized spacial score (nSPS) is 25.5. The summed E-state index contributed by atoms with van der Waals surface area (Å²) >= 11 is 0. The number of rotatable bonds is 4. The highest BCUT2D eigenvalue weighted by Crippen LogP contribution is 2.38. The number of hydrogen-bond acceptors (Lipinski definition) is 2. The summed E-state index contributed by atoms with van der Waals surface area (Å²) in [7, 11) is 0. The number of nitrogens with one attached hydrogen (secondary N) is 1. The summed E-state index contributed by atoms with van der Waals surface area (Å²) in [5.41, 5.74) is 1.50. The number of halogens is 2. The lowest BCUT2D eigenvalue weighted by molar-refractivity contribution is -0.123. The quantitative estimate of drug-likeness (QED) is 0.759. The van der Waals surface area contributed by atoms with Gasteiger partial charge in [0, 0.05) is 17.8 Å². The summed E-state index contributed by atoms with van der Waals surface area (Å²) in [6.07, 6.45) is 8.31. The standard InChI is InChI=1S/C24H27F2N2O/c25-18-14-19(26)16-20(15-18)27-24(29)23-12-6-7-13-28(23)22-11-5-4-10-21(22)17-8-2-1-3-9-17/h1-3,6,8-9,14-16,21-23H,4-5,7,10-13H2,(H,27,29). The second kappa shape index (κ2) is 9.04. The second-order valence-electron chi connectivity index (χ2n) is 8.08. The lowest BCUT2D eigenvalue weighted by atomic mass is 9.78. The van der Waals surface area contributed by atoms with E-state index in [4.69, 9.17) is 0 Å². The van der Waals surface area contributed by atoms with Gasteiger partial charge in [-0.25, -0.2) is 8.78 Å². The first-order valence-electron chi connectivity index (χ1n) is 10.5. The highest BCUT2D eigenvalue weighted by molar-refractivity contribution is 5.95. The number of amides is 1. The van der Waals surface area contributed by atoms with Gasteiger partial charge in [-0.1, -0.05) is 43.2 Å². The third kappa shape index (κ3) is 4.67. The largest absolute Gasteiger partial charge is 0.325 e. The van der Waals surface area contributed by atoms with Gasteiger partial charge in [0.25, 0.3) is 0 Å². The molecule has 2 fully saturated rings. The maximum Gasteiger partial charge on any atom is 0.241 e. The molecule has 0 spiro atoms. The number of piperidine rings is 1. The maximum absolute atomic E-state index is 13.5. The van der Waals surface area contributed by atoms with E-state index in [0.29, 0.717) is 18.4 Å². The van der Waals surface area contributed by atoms with Crippen LogP contribution in [0.2, 0.25) is 0 Å². The van der Waals surface area contributed by atoms with Gasteiger partial charge >= 0.3 is 0 Å². The van der Waals surface area contributed by atoms with E-state index in [1.807, 2.05) is 6.07 Å². The second-order valence-corrected chi connectivity index (χ2v) is 8.08. The first-order chi connectivity index (χ1) is 14.1. The van der Waals surface area contributed by atoms with Crippen LogP contribution in [0.5, 0.6) is 0 Å². The van der Waals surface area contributed by atoms with Crippen molar-refractivity contribution in [2.45, 2.75) is 56.5 Å². The Bertz CT molecular complexity index is 822. The number of nitrogens with zero attached hydrogens (tertiary/aromatic N) is 1. The van der Waals surface area contributed by atoms with Crippen LogP contribution in [0.25, 0.3) is 0 Å². The molecule has 2 aromatic rings. The van der Waals surface area contributed by atoms with Gasteiger partial charge in [-0.2, -0.15) is 0 Å². The number of carbonyl (C=O) groups excluding carboxylic acids is 1. The minimum absolute atomic E-state index is 0.168. The van der Waals surface area contributed by atoms with Crippen LogP contribution in [0.1, 0.15) is 50.0 Å². The molecule has 1 heterocycles. The molecule has 5 heteroatoms. The van der Waals surface area contributed by atoms with Gasteiger partial charge in [0.2, 0.25) is 5.91 Å². The van der Waals surface area contributed by atoms with Crippen LogP contribution >= 0.6 is 0 Å². The predicted octanol–water partition coefficient (Wildman–Crippen LogP) is 5.30. The molecule has 1 saturated heterocycles. The van der Waals surface area contributed by atoms with Gasteiger partial charge in [0.15, 0.2) is 0 Å². The number of benzene rings is 2. The van der Waals surface area contributed by atoms with Crippen molar-refractivity contribution in [3.05, 3.63) is 72.1 Å². The molecule has 1 aliphatic carbocycles. The molecule has 1 aliphatic heterocycles. The smallest absolute Gasteiger partial charge is 0.241 e. The molecular formula is C24H27F2N2O. The lowest BCUT2D eigenvalue weighted by Gasteiger charge is -2.45. The van der Waals surface area contributed by atoms with Crippen molar-refractivity contribution in [2.24, 2.45) is 0 Å². The summed E-state index contributed by atoms with van der Waals surface area (Å²) in [5, 5.41) is 2.74. The van der Waals surface area contributed by atoms with Crippen LogP contribution in [0.4, 0.5) is 14.5 Å². The van der Waals surface area contributed by atoms with E-state index in [1.165, 1.54) is 12.0 Å². The Morgan fingerprint density at radius 2 is 1.72 bits per heavy atom. The van der Waals surface area contributed by atoms with Crippen LogP contribution in [0.3, 0.4) is 0 Å². The average molecular weight is 397 g/mol. The Kier molecular flexibility index (Phi) is 6.24. The van der Waals surface area contributed by atoms with Gasteiger partial charge < -0.3 is 5.32 Å². The molecule has 2 aliphatic rings. The molecule has 1 amide bonds. The first-order valence-corrected chi connectivity index (χ1v) is 10.5.